The van der Waals surface area contributed by atoms with E-state index in [1.165, 1.54) is 6.07 Å². The van der Waals surface area contributed by atoms with Gasteiger partial charge < -0.3 is 10.1 Å². The molecule has 30 heavy (non-hydrogen) atoms. The zero-order valence-electron chi connectivity index (χ0n) is 16.1. The van der Waals surface area contributed by atoms with Crippen LogP contribution in [0.2, 0.25) is 0 Å². The number of anilines is 1. The molecule has 0 saturated heterocycles. The molecule has 0 unspecified atom stereocenters. The fraction of sp³-hybridized carbons (Fsp3) is 0.0833. The van der Waals surface area contributed by atoms with Crippen LogP contribution in [0.1, 0.15) is 47.8 Å². The summed E-state index contributed by atoms with van der Waals surface area (Å²) < 4.78 is 5.05. The van der Waals surface area contributed by atoms with E-state index < -0.39 is 18.5 Å². The number of ketones is 2. The maximum Gasteiger partial charge on any atom is 0.338 e. The second-order valence-corrected chi connectivity index (χ2v) is 6.92. The maximum atomic E-state index is 12.9. The number of esters is 1. The highest BCUT2D eigenvalue weighted by Gasteiger charge is 2.31. The number of rotatable bonds is 4. The largest absolute Gasteiger partial charge is 0.452 e. The molecule has 0 aliphatic heterocycles. The molecule has 4 rings (SSSR count). The van der Waals surface area contributed by atoms with E-state index in [-0.39, 0.29) is 28.4 Å². The topological polar surface area (TPSA) is 89.5 Å². The van der Waals surface area contributed by atoms with Crippen LogP contribution < -0.4 is 5.32 Å². The minimum Gasteiger partial charge on any atom is -0.452 e. The zero-order chi connectivity index (χ0) is 21.3. The molecule has 0 fully saturated rings. The molecule has 1 aliphatic rings. The van der Waals surface area contributed by atoms with Gasteiger partial charge in [-0.3, -0.25) is 14.4 Å². The number of amides is 1. The SMILES string of the molecule is Cc1ccc(C(=O)OCC(=O)Nc2cccc3c2C(=O)c2ccccc2C3=O)cc1. The fourth-order valence-corrected chi connectivity index (χ4v) is 3.34. The Morgan fingerprint density at radius 3 is 2.13 bits per heavy atom. The molecule has 0 spiro atoms. The summed E-state index contributed by atoms with van der Waals surface area (Å²) in [6, 6.07) is 18.0. The Morgan fingerprint density at radius 2 is 1.43 bits per heavy atom. The number of carbonyl (C=O) groups excluding carboxylic acids is 4. The number of ether oxygens (including phenoxy) is 1. The van der Waals surface area contributed by atoms with Gasteiger partial charge in [0.2, 0.25) is 0 Å². The third-order valence-corrected chi connectivity index (χ3v) is 4.85. The van der Waals surface area contributed by atoms with Gasteiger partial charge in [-0.25, -0.2) is 4.79 Å². The number of carbonyl (C=O) groups is 4. The van der Waals surface area contributed by atoms with Crippen LogP contribution in [-0.4, -0.2) is 30.0 Å². The van der Waals surface area contributed by atoms with Crippen molar-refractivity contribution in [1.82, 2.24) is 0 Å². The smallest absolute Gasteiger partial charge is 0.338 e. The maximum absolute atomic E-state index is 12.9. The van der Waals surface area contributed by atoms with Crippen molar-refractivity contribution in [2.45, 2.75) is 6.92 Å². The Bertz CT molecular complexity index is 1190. The van der Waals surface area contributed by atoms with Crippen LogP contribution in [0.4, 0.5) is 5.69 Å². The molecule has 3 aromatic rings. The lowest BCUT2D eigenvalue weighted by Crippen LogP contribution is -2.26. The van der Waals surface area contributed by atoms with Crippen molar-refractivity contribution in [3.63, 3.8) is 0 Å². The van der Waals surface area contributed by atoms with E-state index in [0.29, 0.717) is 16.7 Å². The van der Waals surface area contributed by atoms with Gasteiger partial charge in [-0.2, -0.15) is 0 Å². The van der Waals surface area contributed by atoms with E-state index in [9.17, 15) is 19.2 Å². The van der Waals surface area contributed by atoms with Gasteiger partial charge in [0, 0.05) is 16.7 Å². The molecular formula is C24H17NO5. The molecule has 6 heteroatoms. The standard InChI is InChI=1S/C24H17NO5/c1-14-9-11-15(12-10-14)24(29)30-13-20(26)25-19-8-4-7-18-21(19)23(28)17-6-3-2-5-16(17)22(18)27/h2-12H,13H2,1H3,(H,25,26). The minimum atomic E-state index is -0.625. The molecule has 1 N–H and O–H groups in total. The van der Waals surface area contributed by atoms with E-state index in [1.54, 1.807) is 60.7 Å². The van der Waals surface area contributed by atoms with Gasteiger partial charge in [-0.15, -0.1) is 0 Å². The van der Waals surface area contributed by atoms with Crippen molar-refractivity contribution in [1.29, 1.82) is 0 Å². The molecule has 0 aromatic heterocycles. The Morgan fingerprint density at radius 1 is 0.800 bits per heavy atom. The Balaban J connectivity index is 1.51. The van der Waals surface area contributed by atoms with Gasteiger partial charge >= 0.3 is 5.97 Å². The van der Waals surface area contributed by atoms with Crippen molar-refractivity contribution in [2.24, 2.45) is 0 Å². The summed E-state index contributed by atoms with van der Waals surface area (Å²) in [4.78, 5) is 50.1. The van der Waals surface area contributed by atoms with Crippen molar-refractivity contribution in [3.8, 4) is 0 Å². The number of hydrogen-bond donors (Lipinski definition) is 1. The van der Waals surface area contributed by atoms with Gasteiger partial charge in [-0.1, -0.05) is 54.1 Å². The number of fused-ring (bicyclic) bond motifs is 2. The Kier molecular flexibility index (Phi) is 4.98. The summed E-state index contributed by atoms with van der Waals surface area (Å²) in [5, 5.41) is 2.58. The molecule has 0 saturated carbocycles. The van der Waals surface area contributed by atoms with Crippen LogP contribution in [0.3, 0.4) is 0 Å². The summed E-state index contributed by atoms with van der Waals surface area (Å²) in [5.41, 5.74) is 2.54. The average Bonchev–Trinajstić information content (AvgIpc) is 2.76. The summed E-state index contributed by atoms with van der Waals surface area (Å²) in [6.07, 6.45) is 0. The molecule has 0 bridgehead atoms. The van der Waals surface area contributed by atoms with E-state index in [2.05, 4.69) is 5.32 Å². The van der Waals surface area contributed by atoms with Crippen LogP contribution in [-0.2, 0) is 9.53 Å². The number of benzene rings is 3. The van der Waals surface area contributed by atoms with Crippen molar-refractivity contribution in [2.75, 3.05) is 11.9 Å². The Labute approximate surface area is 172 Å². The molecule has 1 aliphatic carbocycles. The van der Waals surface area contributed by atoms with E-state index in [1.807, 2.05) is 6.92 Å². The molecule has 0 atom stereocenters. The summed E-state index contributed by atoms with van der Waals surface area (Å²) in [5.74, 6) is -1.85. The third kappa shape index (κ3) is 3.51. The first-order chi connectivity index (χ1) is 14.5. The monoisotopic (exact) mass is 399 g/mol. The molecule has 0 radical (unpaired) electrons. The highest BCUT2D eigenvalue weighted by molar-refractivity contribution is 6.30. The van der Waals surface area contributed by atoms with Crippen molar-refractivity contribution >= 4 is 29.1 Å². The number of aryl methyl sites for hydroxylation is 1. The lowest BCUT2D eigenvalue weighted by molar-refractivity contribution is -0.119. The van der Waals surface area contributed by atoms with Gasteiger partial charge in [0.15, 0.2) is 18.2 Å². The fourth-order valence-electron chi connectivity index (χ4n) is 3.34. The van der Waals surface area contributed by atoms with E-state index in [0.717, 1.165) is 5.56 Å². The van der Waals surface area contributed by atoms with Gasteiger partial charge in [0.05, 0.1) is 16.8 Å². The molecular weight excluding hydrogens is 382 g/mol. The van der Waals surface area contributed by atoms with Gasteiger partial charge in [0.1, 0.15) is 0 Å². The van der Waals surface area contributed by atoms with Crippen molar-refractivity contribution < 1.29 is 23.9 Å². The normalized spacial score (nSPS) is 12.0. The average molecular weight is 399 g/mol. The zero-order valence-corrected chi connectivity index (χ0v) is 16.1. The first-order valence-corrected chi connectivity index (χ1v) is 9.31. The van der Waals surface area contributed by atoms with Crippen LogP contribution in [0.5, 0.6) is 0 Å². The second-order valence-electron chi connectivity index (χ2n) is 6.92. The molecule has 148 valence electrons. The number of hydrogen-bond acceptors (Lipinski definition) is 5. The van der Waals surface area contributed by atoms with Crippen LogP contribution in [0.15, 0.2) is 66.7 Å². The van der Waals surface area contributed by atoms with Gasteiger partial charge in [-0.05, 0) is 25.1 Å². The molecule has 6 nitrogen and oxygen atoms in total. The quantitative estimate of drug-likeness (QED) is 0.530. The highest BCUT2D eigenvalue weighted by atomic mass is 16.5. The lowest BCUT2D eigenvalue weighted by Gasteiger charge is -2.20. The number of nitrogens with one attached hydrogen (secondary N) is 1. The lowest BCUT2D eigenvalue weighted by atomic mass is 9.83. The van der Waals surface area contributed by atoms with Crippen molar-refractivity contribution in [3.05, 3.63) is 100 Å². The van der Waals surface area contributed by atoms with E-state index >= 15 is 0 Å². The van der Waals surface area contributed by atoms with Crippen LogP contribution in [0.25, 0.3) is 0 Å². The second kappa shape index (κ2) is 7.75. The van der Waals surface area contributed by atoms with Gasteiger partial charge in [0.25, 0.3) is 5.91 Å². The first-order valence-electron chi connectivity index (χ1n) is 9.31. The van der Waals surface area contributed by atoms with E-state index in [4.69, 9.17) is 4.74 Å². The predicted molar refractivity (Wildman–Crippen MR) is 110 cm³/mol. The summed E-state index contributed by atoms with van der Waals surface area (Å²) in [6.45, 7) is 1.38. The molecule has 0 heterocycles. The molecule has 1 amide bonds. The first kappa shape index (κ1) is 19.3. The summed E-state index contributed by atoms with van der Waals surface area (Å²) >= 11 is 0. The van der Waals surface area contributed by atoms with Crippen LogP contribution >= 0.6 is 0 Å². The third-order valence-electron chi connectivity index (χ3n) is 4.85. The minimum absolute atomic E-state index is 0.138. The summed E-state index contributed by atoms with van der Waals surface area (Å²) in [7, 11) is 0. The molecule has 3 aromatic carbocycles. The van der Waals surface area contributed by atoms with Crippen LogP contribution in [0, 0.1) is 6.92 Å². The Hall–Kier alpha value is -4.06. The highest BCUT2D eigenvalue weighted by Crippen LogP contribution is 2.31. The predicted octanol–water partition coefficient (Wildman–Crippen LogP) is 3.57.